The molecule has 5 heteroatoms. The molecule has 0 aliphatic rings. The molecule has 0 aromatic heterocycles. The lowest BCUT2D eigenvalue weighted by Crippen LogP contribution is -2.30. The molecule has 0 aromatic carbocycles. The summed E-state index contributed by atoms with van der Waals surface area (Å²) < 4.78 is 0. The van der Waals surface area contributed by atoms with Crippen molar-refractivity contribution in [1.82, 2.24) is 5.32 Å². The fraction of sp³-hybridized carbons (Fsp3) is 1.00. The van der Waals surface area contributed by atoms with Gasteiger partial charge in [-0.3, -0.25) is 0 Å². The van der Waals surface area contributed by atoms with Gasteiger partial charge in [-0.2, -0.15) is 0 Å². The van der Waals surface area contributed by atoms with Crippen LogP contribution in [0.5, 0.6) is 0 Å². The van der Waals surface area contributed by atoms with E-state index in [-0.39, 0.29) is 10.8 Å². The third-order valence-corrected chi connectivity index (χ3v) is 2.74. The Labute approximate surface area is 87.3 Å². The van der Waals surface area contributed by atoms with Crippen LogP contribution in [0.3, 0.4) is 0 Å². The van der Waals surface area contributed by atoms with E-state index in [0.717, 1.165) is 0 Å². The summed E-state index contributed by atoms with van der Waals surface area (Å²) in [5.74, 6) is 0.894. The normalized spacial score (nSPS) is 16.4. The van der Waals surface area contributed by atoms with Crippen LogP contribution in [0.15, 0.2) is 0 Å². The highest BCUT2D eigenvalue weighted by Crippen LogP contribution is 1.99. The second kappa shape index (κ2) is 7.75. The Bertz CT molecular complexity index is 80.7. The van der Waals surface area contributed by atoms with Crippen LogP contribution in [0.25, 0.3) is 0 Å². The molecular weight excluding hydrogens is 228 g/mol. The minimum atomic E-state index is -0.0316. The summed E-state index contributed by atoms with van der Waals surface area (Å²) in [6, 6.07) is 0. The summed E-state index contributed by atoms with van der Waals surface area (Å²) in [5.41, 5.74) is 0. The van der Waals surface area contributed by atoms with Gasteiger partial charge in [-0.25, -0.2) is 0 Å². The van der Waals surface area contributed by atoms with E-state index >= 15 is 0 Å². The molecular formula is C6H11Cl4N. The Morgan fingerprint density at radius 3 is 1.55 bits per heavy atom. The highest BCUT2D eigenvalue weighted by molar-refractivity contribution is 6.28. The topological polar surface area (TPSA) is 12.0 Å². The molecule has 0 fully saturated rings. The van der Waals surface area contributed by atoms with E-state index in [1.165, 1.54) is 0 Å². The van der Waals surface area contributed by atoms with Gasteiger partial charge in [0.1, 0.15) is 0 Å². The molecule has 0 aromatic rings. The van der Waals surface area contributed by atoms with E-state index in [4.69, 9.17) is 46.4 Å². The minimum absolute atomic E-state index is 0.0316. The van der Waals surface area contributed by atoms with Gasteiger partial charge in [-0.05, 0) is 0 Å². The lowest BCUT2D eigenvalue weighted by Gasteiger charge is -2.09. The Balaban J connectivity index is 3.13. The van der Waals surface area contributed by atoms with Crippen LogP contribution in [0, 0.1) is 0 Å². The first-order valence-corrected chi connectivity index (χ1v) is 5.25. The number of alkyl halides is 4. The second-order valence-electron chi connectivity index (χ2n) is 2.16. The molecule has 0 bridgehead atoms. The Hall–Kier alpha value is 1.12. The Morgan fingerprint density at radius 1 is 0.909 bits per heavy atom. The standard InChI is InChI=1S/C6H11Cl4N/c7-1-5(9)3-11-4-6(10)2-8/h5-6,11H,1-4H2/t5-,6+. The summed E-state index contributed by atoms with van der Waals surface area (Å²) in [6.07, 6.45) is 0. The third kappa shape index (κ3) is 7.48. The van der Waals surface area contributed by atoms with Crippen molar-refractivity contribution in [3.8, 4) is 0 Å². The molecule has 0 rings (SSSR count). The number of hydrogen-bond acceptors (Lipinski definition) is 1. The van der Waals surface area contributed by atoms with Crippen LogP contribution >= 0.6 is 46.4 Å². The predicted octanol–water partition coefficient (Wildman–Crippen LogP) is 2.27. The zero-order valence-electron chi connectivity index (χ0n) is 5.99. The minimum Gasteiger partial charge on any atom is -0.314 e. The first kappa shape index (κ1) is 12.1. The van der Waals surface area contributed by atoms with E-state index in [0.29, 0.717) is 24.8 Å². The van der Waals surface area contributed by atoms with Crippen LogP contribution in [-0.2, 0) is 0 Å². The van der Waals surface area contributed by atoms with E-state index in [1.807, 2.05) is 0 Å². The van der Waals surface area contributed by atoms with Crippen LogP contribution in [0.2, 0.25) is 0 Å². The highest BCUT2D eigenvalue weighted by Gasteiger charge is 2.04. The lowest BCUT2D eigenvalue weighted by atomic mass is 10.4. The smallest absolute Gasteiger partial charge is 0.0595 e. The fourth-order valence-corrected chi connectivity index (χ4v) is 0.942. The molecule has 1 nitrogen and oxygen atoms in total. The average molecular weight is 239 g/mol. The first-order valence-electron chi connectivity index (χ1n) is 3.31. The fourth-order valence-electron chi connectivity index (χ4n) is 0.506. The number of nitrogens with one attached hydrogen (secondary N) is 1. The molecule has 0 saturated heterocycles. The molecule has 0 heterocycles. The number of rotatable bonds is 6. The van der Waals surface area contributed by atoms with Crippen molar-refractivity contribution in [1.29, 1.82) is 0 Å². The SMILES string of the molecule is ClC[C@@H](Cl)CNC[C@@H](Cl)CCl. The molecule has 0 amide bonds. The molecule has 0 aliphatic carbocycles. The number of halogens is 4. The molecule has 1 N–H and O–H groups in total. The molecule has 11 heavy (non-hydrogen) atoms. The Morgan fingerprint density at radius 2 is 1.27 bits per heavy atom. The van der Waals surface area contributed by atoms with Crippen molar-refractivity contribution in [3.63, 3.8) is 0 Å². The first-order chi connectivity index (χ1) is 5.20. The van der Waals surface area contributed by atoms with Crippen LogP contribution in [-0.4, -0.2) is 35.6 Å². The van der Waals surface area contributed by atoms with Gasteiger partial charge < -0.3 is 5.32 Å². The van der Waals surface area contributed by atoms with Gasteiger partial charge in [0.05, 0.1) is 10.8 Å². The van der Waals surface area contributed by atoms with Gasteiger partial charge in [0.2, 0.25) is 0 Å². The summed E-state index contributed by atoms with van der Waals surface area (Å²) >= 11 is 22.4. The summed E-state index contributed by atoms with van der Waals surface area (Å²) in [5, 5.41) is 2.99. The maximum absolute atomic E-state index is 5.72. The highest BCUT2D eigenvalue weighted by atomic mass is 35.5. The van der Waals surface area contributed by atoms with E-state index in [2.05, 4.69) is 5.32 Å². The molecule has 0 aliphatic heterocycles. The second-order valence-corrected chi connectivity index (χ2v) is 4.01. The summed E-state index contributed by atoms with van der Waals surface area (Å²) in [4.78, 5) is 0. The van der Waals surface area contributed by atoms with Crippen molar-refractivity contribution < 1.29 is 0 Å². The molecule has 68 valence electrons. The van der Waals surface area contributed by atoms with Gasteiger partial charge in [0.25, 0.3) is 0 Å². The maximum atomic E-state index is 5.72. The number of hydrogen-bond donors (Lipinski definition) is 1. The average Bonchev–Trinajstić information content (AvgIpc) is 2.04. The van der Waals surface area contributed by atoms with Crippen molar-refractivity contribution in [2.75, 3.05) is 24.8 Å². The quantitative estimate of drug-likeness (QED) is 0.701. The third-order valence-electron chi connectivity index (χ3n) is 1.07. The monoisotopic (exact) mass is 237 g/mol. The molecule has 0 unspecified atom stereocenters. The molecule has 0 spiro atoms. The van der Waals surface area contributed by atoms with Gasteiger partial charge in [-0.1, -0.05) is 0 Å². The van der Waals surface area contributed by atoms with Crippen molar-refractivity contribution >= 4 is 46.4 Å². The predicted molar refractivity (Wildman–Crippen MR) is 53.6 cm³/mol. The molecule has 2 atom stereocenters. The van der Waals surface area contributed by atoms with Crippen molar-refractivity contribution in [2.24, 2.45) is 0 Å². The summed E-state index contributed by atoms with van der Waals surface area (Å²) in [7, 11) is 0. The largest absolute Gasteiger partial charge is 0.314 e. The van der Waals surface area contributed by atoms with Gasteiger partial charge in [0.15, 0.2) is 0 Å². The summed E-state index contributed by atoms with van der Waals surface area (Å²) in [6.45, 7) is 1.34. The zero-order valence-corrected chi connectivity index (χ0v) is 9.02. The van der Waals surface area contributed by atoms with Crippen molar-refractivity contribution in [2.45, 2.75) is 10.8 Å². The van der Waals surface area contributed by atoms with Crippen molar-refractivity contribution in [3.05, 3.63) is 0 Å². The van der Waals surface area contributed by atoms with E-state index in [1.54, 1.807) is 0 Å². The van der Waals surface area contributed by atoms with Crippen LogP contribution in [0.4, 0.5) is 0 Å². The zero-order chi connectivity index (χ0) is 8.69. The van der Waals surface area contributed by atoms with Crippen LogP contribution in [0.1, 0.15) is 0 Å². The molecule has 0 saturated carbocycles. The van der Waals surface area contributed by atoms with E-state index < -0.39 is 0 Å². The lowest BCUT2D eigenvalue weighted by molar-refractivity contribution is 0.673. The van der Waals surface area contributed by atoms with Gasteiger partial charge in [-0.15, -0.1) is 46.4 Å². The van der Waals surface area contributed by atoms with Gasteiger partial charge >= 0.3 is 0 Å². The van der Waals surface area contributed by atoms with Gasteiger partial charge in [0, 0.05) is 24.8 Å². The molecule has 0 radical (unpaired) electrons. The van der Waals surface area contributed by atoms with E-state index in [9.17, 15) is 0 Å². The van der Waals surface area contributed by atoms with Crippen LogP contribution < -0.4 is 5.32 Å². The maximum Gasteiger partial charge on any atom is 0.0595 e. The Kier molecular flexibility index (Phi) is 8.54.